The van der Waals surface area contributed by atoms with Gasteiger partial charge in [0, 0.05) is 18.8 Å². The van der Waals surface area contributed by atoms with Gasteiger partial charge >= 0.3 is 5.97 Å². The SMILES string of the molecule is Cn1cc(Nc2ncc(Cl)c(-c3cccc(C(=O)O)c3)n2)cn1. The number of carboxylic acids is 1. The van der Waals surface area contributed by atoms with Gasteiger partial charge in [-0.1, -0.05) is 23.7 Å². The maximum absolute atomic E-state index is 11.1. The summed E-state index contributed by atoms with van der Waals surface area (Å²) >= 11 is 6.15. The highest BCUT2D eigenvalue weighted by atomic mass is 35.5. The number of benzene rings is 1. The van der Waals surface area contributed by atoms with Crippen molar-refractivity contribution >= 4 is 29.2 Å². The number of nitrogens with zero attached hydrogens (tertiary/aromatic N) is 4. The molecule has 0 fully saturated rings. The average molecular weight is 330 g/mol. The second kappa shape index (κ2) is 6.05. The van der Waals surface area contributed by atoms with Gasteiger partial charge in [0.05, 0.1) is 34.4 Å². The van der Waals surface area contributed by atoms with Crippen LogP contribution in [0, 0.1) is 0 Å². The topological polar surface area (TPSA) is 92.9 Å². The van der Waals surface area contributed by atoms with Crippen molar-refractivity contribution in [2.24, 2.45) is 7.05 Å². The Morgan fingerprint density at radius 3 is 2.87 bits per heavy atom. The minimum Gasteiger partial charge on any atom is -0.478 e. The van der Waals surface area contributed by atoms with Gasteiger partial charge in [-0.3, -0.25) is 4.68 Å². The number of aromatic carboxylic acids is 1. The quantitative estimate of drug-likeness (QED) is 0.764. The zero-order chi connectivity index (χ0) is 16.4. The van der Waals surface area contributed by atoms with Crippen LogP contribution in [-0.4, -0.2) is 30.8 Å². The van der Waals surface area contributed by atoms with E-state index < -0.39 is 5.97 Å². The van der Waals surface area contributed by atoms with Gasteiger partial charge in [-0.25, -0.2) is 14.8 Å². The van der Waals surface area contributed by atoms with Gasteiger partial charge in [-0.15, -0.1) is 0 Å². The summed E-state index contributed by atoms with van der Waals surface area (Å²) in [5, 5.41) is 16.5. The Hall–Kier alpha value is -2.93. The summed E-state index contributed by atoms with van der Waals surface area (Å²) in [6, 6.07) is 6.42. The molecule has 0 aliphatic rings. The van der Waals surface area contributed by atoms with Crippen LogP contribution < -0.4 is 5.32 Å². The summed E-state index contributed by atoms with van der Waals surface area (Å²) < 4.78 is 1.65. The van der Waals surface area contributed by atoms with Crippen molar-refractivity contribution in [1.29, 1.82) is 0 Å². The summed E-state index contributed by atoms with van der Waals surface area (Å²) in [5.41, 5.74) is 1.96. The zero-order valence-electron chi connectivity index (χ0n) is 12.1. The average Bonchev–Trinajstić information content (AvgIpc) is 2.94. The van der Waals surface area contributed by atoms with E-state index in [1.807, 2.05) is 0 Å². The monoisotopic (exact) mass is 329 g/mol. The van der Waals surface area contributed by atoms with Crippen molar-refractivity contribution in [2.45, 2.75) is 0 Å². The molecule has 0 saturated carbocycles. The predicted molar refractivity (Wildman–Crippen MR) is 85.9 cm³/mol. The third kappa shape index (κ3) is 3.29. The number of halogens is 1. The fourth-order valence-corrected chi connectivity index (χ4v) is 2.24. The number of hydrogen-bond donors (Lipinski definition) is 2. The van der Waals surface area contributed by atoms with Gasteiger partial charge in [0.25, 0.3) is 0 Å². The first-order valence-electron chi connectivity index (χ1n) is 6.65. The summed E-state index contributed by atoms with van der Waals surface area (Å²) in [6.07, 6.45) is 4.89. The highest BCUT2D eigenvalue weighted by molar-refractivity contribution is 6.32. The maximum Gasteiger partial charge on any atom is 0.335 e. The molecule has 0 saturated heterocycles. The molecular weight excluding hydrogens is 318 g/mol. The van der Waals surface area contributed by atoms with Crippen LogP contribution >= 0.6 is 11.6 Å². The van der Waals surface area contributed by atoms with Crippen LogP contribution in [0.15, 0.2) is 42.9 Å². The normalized spacial score (nSPS) is 10.5. The molecule has 0 aliphatic carbocycles. The van der Waals surface area contributed by atoms with E-state index >= 15 is 0 Å². The fraction of sp³-hybridized carbons (Fsp3) is 0.0667. The van der Waals surface area contributed by atoms with E-state index in [1.165, 1.54) is 18.3 Å². The molecule has 0 radical (unpaired) electrons. The molecule has 8 heteroatoms. The molecular formula is C15H12ClN5O2. The Morgan fingerprint density at radius 1 is 1.35 bits per heavy atom. The van der Waals surface area contributed by atoms with Crippen molar-refractivity contribution in [3.05, 3.63) is 53.4 Å². The molecule has 7 nitrogen and oxygen atoms in total. The van der Waals surface area contributed by atoms with Gasteiger partial charge in [0.1, 0.15) is 0 Å². The van der Waals surface area contributed by atoms with E-state index in [2.05, 4.69) is 20.4 Å². The predicted octanol–water partition coefficient (Wildman–Crippen LogP) is 2.97. The van der Waals surface area contributed by atoms with E-state index in [1.54, 1.807) is 36.3 Å². The molecule has 2 aromatic heterocycles. The maximum atomic E-state index is 11.1. The number of aryl methyl sites for hydroxylation is 1. The van der Waals surface area contributed by atoms with E-state index in [0.29, 0.717) is 22.2 Å². The molecule has 0 aliphatic heterocycles. The molecule has 0 atom stereocenters. The van der Waals surface area contributed by atoms with Crippen LogP contribution in [-0.2, 0) is 7.05 Å². The van der Waals surface area contributed by atoms with Crippen LogP contribution in [0.2, 0.25) is 5.02 Å². The Labute approximate surface area is 136 Å². The second-order valence-electron chi connectivity index (χ2n) is 4.80. The highest BCUT2D eigenvalue weighted by Crippen LogP contribution is 2.27. The third-order valence-electron chi connectivity index (χ3n) is 3.09. The number of carboxylic acid groups (broad SMARTS) is 1. The van der Waals surface area contributed by atoms with Crippen LogP contribution in [0.1, 0.15) is 10.4 Å². The molecule has 0 unspecified atom stereocenters. The molecule has 3 aromatic rings. The zero-order valence-corrected chi connectivity index (χ0v) is 12.8. The summed E-state index contributed by atoms with van der Waals surface area (Å²) in [7, 11) is 1.80. The molecule has 2 heterocycles. The smallest absolute Gasteiger partial charge is 0.335 e. The molecule has 116 valence electrons. The van der Waals surface area contributed by atoms with Gasteiger partial charge < -0.3 is 10.4 Å². The number of rotatable bonds is 4. The molecule has 0 bridgehead atoms. The largest absolute Gasteiger partial charge is 0.478 e. The fourth-order valence-electron chi connectivity index (χ4n) is 2.04. The summed E-state index contributed by atoms with van der Waals surface area (Å²) in [4.78, 5) is 19.6. The van der Waals surface area contributed by atoms with Crippen molar-refractivity contribution in [1.82, 2.24) is 19.7 Å². The van der Waals surface area contributed by atoms with Crippen molar-refractivity contribution < 1.29 is 9.90 Å². The number of hydrogen-bond acceptors (Lipinski definition) is 5. The van der Waals surface area contributed by atoms with Gasteiger partial charge in [-0.2, -0.15) is 5.10 Å². The first kappa shape index (κ1) is 15.0. The third-order valence-corrected chi connectivity index (χ3v) is 3.36. The van der Waals surface area contributed by atoms with Crippen LogP contribution in [0.3, 0.4) is 0 Å². The highest BCUT2D eigenvalue weighted by Gasteiger charge is 2.11. The first-order valence-corrected chi connectivity index (χ1v) is 7.02. The van der Waals surface area contributed by atoms with Gasteiger partial charge in [-0.05, 0) is 12.1 Å². The van der Waals surface area contributed by atoms with E-state index in [4.69, 9.17) is 16.7 Å². The second-order valence-corrected chi connectivity index (χ2v) is 5.21. The standard InChI is InChI=1S/C15H12ClN5O2/c1-21-8-11(6-18-21)19-15-17-7-12(16)13(20-15)9-3-2-4-10(5-9)14(22)23/h2-8H,1H3,(H,22,23)(H,17,19,20). The van der Waals surface area contributed by atoms with E-state index in [9.17, 15) is 4.79 Å². The number of anilines is 2. The Balaban J connectivity index is 1.97. The molecule has 3 rings (SSSR count). The molecule has 2 N–H and O–H groups in total. The number of carbonyl (C=O) groups is 1. The van der Waals surface area contributed by atoms with Crippen molar-refractivity contribution in [2.75, 3.05) is 5.32 Å². The first-order chi connectivity index (χ1) is 11.0. The lowest BCUT2D eigenvalue weighted by Crippen LogP contribution is -2.00. The number of aromatic nitrogens is 4. The van der Waals surface area contributed by atoms with Crippen molar-refractivity contribution in [3.8, 4) is 11.3 Å². The number of nitrogens with one attached hydrogen (secondary N) is 1. The molecule has 0 amide bonds. The van der Waals surface area contributed by atoms with E-state index in [0.717, 1.165) is 5.69 Å². The lowest BCUT2D eigenvalue weighted by molar-refractivity contribution is 0.0697. The van der Waals surface area contributed by atoms with Gasteiger partial charge in [0.15, 0.2) is 0 Å². The molecule has 1 aromatic carbocycles. The minimum atomic E-state index is -1.01. The Bertz CT molecular complexity index is 878. The summed E-state index contributed by atoms with van der Waals surface area (Å²) in [5.74, 6) is -0.663. The molecule has 23 heavy (non-hydrogen) atoms. The lowest BCUT2D eigenvalue weighted by Gasteiger charge is -2.07. The molecule has 0 spiro atoms. The Kier molecular flexibility index (Phi) is 3.94. The van der Waals surface area contributed by atoms with Crippen LogP contribution in [0.25, 0.3) is 11.3 Å². The minimum absolute atomic E-state index is 0.166. The van der Waals surface area contributed by atoms with E-state index in [-0.39, 0.29) is 5.56 Å². The summed E-state index contributed by atoms with van der Waals surface area (Å²) in [6.45, 7) is 0. The lowest BCUT2D eigenvalue weighted by atomic mass is 10.1. The van der Waals surface area contributed by atoms with Crippen LogP contribution in [0.5, 0.6) is 0 Å². The Morgan fingerprint density at radius 2 is 2.17 bits per heavy atom. The van der Waals surface area contributed by atoms with Crippen molar-refractivity contribution in [3.63, 3.8) is 0 Å². The van der Waals surface area contributed by atoms with Gasteiger partial charge in [0.2, 0.25) is 5.95 Å². The van der Waals surface area contributed by atoms with Crippen LogP contribution in [0.4, 0.5) is 11.6 Å².